The number of alkyl halides is 3. The number of amides is 1. The molecular formula is C23H24F3N3O7S2. The summed E-state index contributed by atoms with van der Waals surface area (Å²) in [6.45, 7) is 2.62. The molecule has 0 radical (unpaired) electrons. The van der Waals surface area contributed by atoms with Gasteiger partial charge in [0.1, 0.15) is 6.61 Å². The fraction of sp³-hybridized carbons (Fsp3) is 0.304. The summed E-state index contributed by atoms with van der Waals surface area (Å²) in [5, 5.41) is -0.276. The van der Waals surface area contributed by atoms with E-state index < -0.39 is 45.2 Å². The first-order chi connectivity index (χ1) is 17.8. The lowest BCUT2D eigenvalue weighted by molar-refractivity contribution is -0.144. The van der Waals surface area contributed by atoms with Crippen LogP contribution in [0, 0.1) is 0 Å². The van der Waals surface area contributed by atoms with Gasteiger partial charge in [-0.05, 0) is 30.2 Å². The fourth-order valence-electron chi connectivity index (χ4n) is 2.97. The molecule has 0 aromatic heterocycles. The van der Waals surface area contributed by atoms with Crippen molar-refractivity contribution in [2.75, 3.05) is 16.7 Å². The monoisotopic (exact) mass is 575 g/mol. The maximum atomic E-state index is 13.5. The topological polar surface area (TPSA) is 145 Å². The number of nitrogens with two attached hydrogens (primary N) is 1. The normalized spacial score (nSPS) is 12.9. The molecule has 1 atom stereocenters. The second-order valence-electron chi connectivity index (χ2n) is 7.42. The van der Waals surface area contributed by atoms with Gasteiger partial charge in [-0.1, -0.05) is 54.2 Å². The van der Waals surface area contributed by atoms with Gasteiger partial charge in [-0.3, -0.25) is 9.59 Å². The van der Waals surface area contributed by atoms with E-state index in [0.717, 1.165) is 23.9 Å². The lowest BCUT2D eigenvalue weighted by Crippen LogP contribution is -2.48. The van der Waals surface area contributed by atoms with Crippen LogP contribution in [0.4, 0.5) is 23.7 Å². The smallest absolute Gasteiger partial charge is 0.465 e. The van der Waals surface area contributed by atoms with E-state index >= 15 is 0 Å². The van der Waals surface area contributed by atoms with Crippen molar-refractivity contribution < 1.29 is 45.4 Å². The average Bonchev–Trinajstić information content (AvgIpc) is 2.83. The van der Waals surface area contributed by atoms with Crippen LogP contribution in [-0.4, -0.2) is 49.4 Å². The number of sulfonamides is 1. The number of hydrogen-bond acceptors (Lipinski definition) is 8. The van der Waals surface area contributed by atoms with Gasteiger partial charge in [-0.15, -0.1) is 4.99 Å². The predicted molar refractivity (Wildman–Crippen MR) is 135 cm³/mol. The van der Waals surface area contributed by atoms with E-state index in [4.69, 9.17) is 15.2 Å². The second kappa shape index (κ2) is 13.3. The van der Waals surface area contributed by atoms with Crippen molar-refractivity contribution in [2.24, 2.45) is 10.7 Å². The zero-order chi connectivity index (χ0) is 28.5. The highest BCUT2D eigenvalue weighted by molar-refractivity contribution is 8.13. The number of rotatable bonds is 9. The molecule has 38 heavy (non-hydrogen) atoms. The third-order valence-electron chi connectivity index (χ3n) is 4.71. The van der Waals surface area contributed by atoms with Gasteiger partial charge in [0, 0.05) is 12.7 Å². The molecule has 2 aromatic rings. The van der Waals surface area contributed by atoms with Gasteiger partial charge in [0.05, 0.1) is 18.2 Å². The number of esters is 1. The molecule has 1 unspecified atom stereocenters. The molecule has 2 rings (SSSR count). The first-order valence-corrected chi connectivity index (χ1v) is 13.3. The van der Waals surface area contributed by atoms with Crippen LogP contribution in [0.15, 0.2) is 59.6 Å². The van der Waals surface area contributed by atoms with E-state index in [-0.39, 0.29) is 34.0 Å². The molecule has 206 valence electrons. The number of guanidine groups is 1. The highest BCUT2D eigenvalue weighted by atomic mass is 32.2. The molecule has 0 aliphatic carbocycles. The molecule has 0 spiro atoms. The molecule has 1 amide bonds. The number of benzene rings is 2. The highest BCUT2D eigenvalue weighted by Crippen LogP contribution is 2.32. The minimum Gasteiger partial charge on any atom is -0.465 e. The Balaban J connectivity index is 2.41. The number of anilines is 1. The van der Waals surface area contributed by atoms with Crippen LogP contribution in [0.3, 0.4) is 0 Å². The van der Waals surface area contributed by atoms with Gasteiger partial charge in [0.2, 0.25) is 5.96 Å². The Morgan fingerprint density at radius 1 is 1.05 bits per heavy atom. The molecule has 0 saturated carbocycles. The Morgan fingerprint density at radius 2 is 1.66 bits per heavy atom. The summed E-state index contributed by atoms with van der Waals surface area (Å²) in [4.78, 5) is 39.0. The quantitative estimate of drug-likeness (QED) is 0.267. The largest absolute Gasteiger partial charge is 0.517 e. The van der Waals surface area contributed by atoms with Crippen LogP contribution in [0.25, 0.3) is 0 Å². The average molecular weight is 576 g/mol. The minimum atomic E-state index is -6.15. The molecule has 10 nitrogen and oxygen atoms in total. The number of carbonyl (C=O) groups is 3. The van der Waals surface area contributed by atoms with Crippen LogP contribution in [0.5, 0.6) is 0 Å². The summed E-state index contributed by atoms with van der Waals surface area (Å²) in [5.74, 6) is -2.99. The zero-order valence-electron chi connectivity index (χ0n) is 20.2. The number of ether oxygens (including phenoxy) is 2. The Hall–Kier alpha value is -3.59. The first kappa shape index (κ1) is 30.6. The Kier molecular flexibility index (Phi) is 10.7. The number of nitrogens with zero attached hydrogens (tertiary/aromatic N) is 2. The van der Waals surface area contributed by atoms with Crippen LogP contribution in [-0.2, 0) is 35.7 Å². The van der Waals surface area contributed by atoms with Crippen molar-refractivity contribution in [1.82, 2.24) is 0 Å². The molecule has 2 aromatic carbocycles. The van der Waals surface area contributed by atoms with Crippen molar-refractivity contribution in [3.63, 3.8) is 0 Å². The van der Waals surface area contributed by atoms with Crippen LogP contribution in [0.1, 0.15) is 30.9 Å². The molecule has 2 N–H and O–H groups in total. The van der Waals surface area contributed by atoms with Crippen LogP contribution >= 0.6 is 11.8 Å². The second-order valence-corrected chi connectivity index (χ2v) is 10.4. The maximum Gasteiger partial charge on any atom is 0.517 e. The van der Waals surface area contributed by atoms with Crippen molar-refractivity contribution >= 4 is 50.6 Å². The third kappa shape index (κ3) is 8.21. The van der Waals surface area contributed by atoms with Gasteiger partial charge in [0.25, 0.3) is 0 Å². The molecule has 0 fully saturated rings. The van der Waals surface area contributed by atoms with Crippen molar-refractivity contribution in [3.05, 3.63) is 65.7 Å². The van der Waals surface area contributed by atoms with Gasteiger partial charge >= 0.3 is 27.6 Å². The Morgan fingerprint density at radius 3 is 2.18 bits per heavy atom. The summed E-state index contributed by atoms with van der Waals surface area (Å²) < 4.78 is 74.5. The molecule has 0 aliphatic heterocycles. The summed E-state index contributed by atoms with van der Waals surface area (Å²) in [6, 6.07) is 12.5. The minimum absolute atomic E-state index is 0.0189. The summed E-state index contributed by atoms with van der Waals surface area (Å²) in [5.41, 5.74) is -0.0859. The molecule has 0 heterocycles. The van der Waals surface area contributed by atoms with E-state index in [2.05, 4.69) is 4.99 Å². The van der Waals surface area contributed by atoms with Gasteiger partial charge < -0.3 is 15.2 Å². The number of thioether (sulfide) groups is 1. The number of halogens is 3. The highest BCUT2D eigenvalue weighted by Gasteiger charge is 2.52. The van der Waals surface area contributed by atoms with Crippen LogP contribution in [0.2, 0.25) is 0 Å². The standard InChI is InChI=1S/C23H24F3N3O7S2/c1-3-35-20(31)19(14-37-15(2)30)17-9-11-18(12-10-17)29(38(33,34)23(24,25)26)21(27)28-22(32)36-13-16-7-5-4-6-8-16/h4-12,19H,3,13-14H2,1-2H3,(H2,27,28,32). The molecule has 0 saturated heterocycles. The SMILES string of the molecule is CCOC(=O)C(CSC(C)=O)c1ccc(N(C(N)=NC(=O)OCc2ccccc2)S(=O)(=O)C(F)(F)F)cc1. The third-order valence-corrected chi connectivity index (χ3v) is 7.08. The number of carbonyl (C=O) groups excluding carboxylic acids is 3. The van der Waals surface area contributed by atoms with E-state index in [9.17, 15) is 36.0 Å². The lowest BCUT2D eigenvalue weighted by Gasteiger charge is -2.24. The van der Waals surface area contributed by atoms with Crippen molar-refractivity contribution in [2.45, 2.75) is 31.9 Å². The zero-order valence-corrected chi connectivity index (χ0v) is 21.8. The Bertz CT molecular complexity index is 1270. The van der Waals surface area contributed by atoms with Gasteiger partial charge in [0.15, 0.2) is 5.12 Å². The van der Waals surface area contributed by atoms with Gasteiger partial charge in [-0.2, -0.15) is 25.9 Å². The molecule has 0 bridgehead atoms. The fourth-order valence-corrected chi connectivity index (χ4v) is 4.60. The number of aliphatic imine (C=N–C) groups is 1. The van der Waals surface area contributed by atoms with Gasteiger partial charge in [-0.25, -0.2) is 4.79 Å². The van der Waals surface area contributed by atoms with Crippen molar-refractivity contribution in [3.8, 4) is 0 Å². The van der Waals surface area contributed by atoms with Crippen molar-refractivity contribution in [1.29, 1.82) is 0 Å². The van der Waals surface area contributed by atoms with E-state index in [0.29, 0.717) is 5.56 Å². The summed E-state index contributed by atoms with van der Waals surface area (Å²) in [6.07, 6.45) is -1.42. The first-order valence-electron chi connectivity index (χ1n) is 10.8. The molecule has 15 heteroatoms. The van der Waals surface area contributed by atoms with E-state index in [1.165, 1.54) is 19.1 Å². The van der Waals surface area contributed by atoms with E-state index in [1.807, 2.05) is 0 Å². The Labute approximate surface area is 221 Å². The number of hydrogen-bond donors (Lipinski definition) is 1. The van der Waals surface area contributed by atoms with E-state index in [1.54, 1.807) is 37.3 Å². The maximum absolute atomic E-state index is 13.5. The van der Waals surface area contributed by atoms with Crippen LogP contribution < -0.4 is 10.0 Å². The predicted octanol–water partition coefficient (Wildman–Crippen LogP) is 3.92. The molecular weight excluding hydrogens is 551 g/mol. The lowest BCUT2D eigenvalue weighted by atomic mass is 10.0. The summed E-state index contributed by atoms with van der Waals surface area (Å²) >= 11 is 0.836. The molecule has 0 aliphatic rings. The summed E-state index contributed by atoms with van der Waals surface area (Å²) in [7, 11) is -6.15.